The molecule has 2 rings (SSSR count). The van der Waals surface area contributed by atoms with E-state index in [1.165, 1.54) is 12.2 Å². The number of amides is 1. The van der Waals surface area contributed by atoms with E-state index < -0.39 is 0 Å². The molecule has 0 radical (unpaired) electrons. The molecule has 2 atom stereocenters. The van der Waals surface area contributed by atoms with Crippen LogP contribution < -0.4 is 5.73 Å². The number of piperidine rings is 1. The Balaban J connectivity index is 2.07. The van der Waals surface area contributed by atoms with Crippen LogP contribution in [0.5, 0.6) is 0 Å². The van der Waals surface area contributed by atoms with Crippen molar-refractivity contribution in [1.29, 1.82) is 0 Å². The van der Waals surface area contributed by atoms with Gasteiger partial charge in [-0.05, 0) is 24.7 Å². The SMILES string of the molecule is CC(C)CN1CCSC12CCCN(C(=O)[C@@H](N)C(C)C)C2. The summed E-state index contributed by atoms with van der Waals surface area (Å²) in [5.74, 6) is 2.20. The number of nitrogens with zero attached hydrogens (tertiary/aromatic N) is 2. The molecule has 2 aliphatic heterocycles. The van der Waals surface area contributed by atoms with E-state index in [1.807, 2.05) is 30.5 Å². The first-order valence-corrected chi connectivity index (χ1v) is 9.27. The molecule has 2 N–H and O–H groups in total. The second-order valence-electron chi connectivity index (χ2n) is 7.27. The summed E-state index contributed by atoms with van der Waals surface area (Å²) in [6.07, 6.45) is 2.29. The van der Waals surface area contributed by atoms with Crippen molar-refractivity contribution in [2.45, 2.75) is 51.4 Å². The van der Waals surface area contributed by atoms with E-state index in [4.69, 9.17) is 5.73 Å². The first-order chi connectivity index (χ1) is 9.85. The van der Waals surface area contributed by atoms with Crippen LogP contribution in [0, 0.1) is 11.8 Å². The second kappa shape index (κ2) is 6.88. The van der Waals surface area contributed by atoms with Gasteiger partial charge in [-0.3, -0.25) is 9.69 Å². The van der Waals surface area contributed by atoms with Crippen LogP contribution >= 0.6 is 11.8 Å². The molecule has 2 saturated heterocycles. The molecule has 1 spiro atoms. The third-order valence-corrected chi connectivity index (χ3v) is 6.16. The Bertz CT molecular complexity index is 375. The van der Waals surface area contributed by atoms with Gasteiger partial charge in [0.1, 0.15) is 0 Å². The Morgan fingerprint density at radius 3 is 2.62 bits per heavy atom. The van der Waals surface area contributed by atoms with Gasteiger partial charge in [-0.25, -0.2) is 0 Å². The van der Waals surface area contributed by atoms with Crippen LogP contribution in [-0.4, -0.2) is 58.6 Å². The van der Waals surface area contributed by atoms with E-state index in [-0.39, 0.29) is 22.7 Å². The van der Waals surface area contributed by atoms with Gasteiger partial charge < -0.3 is 10.6 Å². The minimum absolute atomic E-state index is 0.140. The Kier molecular flexibility index (Phi) is 5.60. The number of carbonyl (C=O) groups excluding carboxylic acids is 1. The molecule has 0 aromatic heterocycles. The molecule has 122 valence electrons. The number of thioether (sulfide) groups is 1. The van der Waals surface area contributed by atoms with Gasteiger partial charge in [0.05, 0.1) is 10.9 Å². The summed E-state index contributed by atoms with van der Waals surface area (Å²) in [4.78, 5) is 17.4. The molecule has 0 bridgehead atoms. The molecule has 0 aliphatic carbocycles. The van der Waals surface area contributed by atoms with Crippen molar-refractivity contribution in [2.75, 3.05) is 31.9 Å². The molecule has 2 heterocycles. The van der Waals surface area contributed by atoms with E-state index >= 15 is 0 Å². The van der Waals surface area contributed by atoms with E-state index in [0.717, 1.165) is 32.6 Å². The summed E-state index contributed by atoms with van der Waals surface area (Å²) in [6, 6.07) is -0.356. The maximum atomic E-state index is 12.6. The van der Waals surface area contributed by atoms with Crippen LogP contribution in [0.3, 0.4) is 0 Å². The van der Waals surface area contributed by atoms with Gasteiger partial charge in [-0.2, -0.15) is 0 Å². The maximum Gasteiger partial charge on any atom is 0.239 e. The van der Waals surface area contributed by atoms with Crippen molar-refractivity contribution in [3.8, 4) is 0 Å². The molecule has 0 saturated carbocycles. The summed E-state index contributed by atoms with van der Waals surface area (Å²) in [5, 5.41) is 0. The lowest BCUT2D eigenvalue weighted by molar-refractivity contribution is -0.136. The van der Waals surface area contributed by atoms with Crippen molar-refractivity contribution < 1.29 is 4.79 Å². The third-order valence-electron chi connectivity index (χ3n) is 4.64. The average molecular weight is 314 g/mol. The Labute approximate surface area is 133 Å². The summed E-state index contributed by atoms with van der Waals surface area (Å²) >= 11 is 2.05. The maximum absolute atomic E-state index is 12.6. The molecule has 0 aromatic rings. The minimum atomic E-state index is -0.356. The summed E-state index contributed by atoms with van der Waals surface area (Å²) in [6.45, 7) is 12.6. The topological polar surface area (TPSA) is 49.6 Å². The number of carbonyl (C=O) groups is 1. The third kappa shape index (κ3) is 3.74. The number of hydrogen-bond acceptors (Lipinski definition) is 4. The van der Waals surface area contributed by atoms with Crippen LogP contribution in [0.4, 0.5) is 0 Å². The first kappa shape index (κ1) is 17.1. The van der Waals surface area contributed by atoms with Crippen LogP contribution in [-0.2, 0) is 4.79 Å². The van der Waals surface area contributed by atoms with Crippen molar-refractivity contribution >= 4 is 17.7 Å². The largest absolute Gasteiger partial charge is 0.339 e. The highest BCUT2D eigenvalue weighted by Crippen LogP contribution is 2.43. The number of likely N-dealkylation sites (tertiary alicyclic amines) is 1. The van der Waals surface area contributed by atoms with Gasteiger partial charge >= 0.3 is 0 Å². The van der Waals surface area contributed by atoms with Crippen molar-refractivity contribution in [3.05, 3.63) is 0 Å². The zero-order chi connectivity index (χ0) is 15.6. The lowest BCUT2D eigenvalue weighted by Crippen LogP contribution is -2.58. The van der Waals surface area contributed by atoms with Crippen LogP contribution in [0.15, 0.2) is 0 Å². The van der Waals surface area contributed by atoms with E-state index in [9.17, 15) is 4.79 Å². The molecular formula is C16H31N3OS. The molecule has 1 unspecified atom stereocenters. The standard InChI is InChI=1S/C16H31N3OS/c1-12(2)10-19-8-9-21-16(19)6-5-7-18(11-16)15(20)14(17)13(3)4/h12-14H,5-11,17H2,1-4H3/t14-,16?/m0/s1. The average Bonchev–Trinajstić information content (AvgIpc) is 2.78. The molecule has 21 heavy (non-hydrogen) atoms. The van der Waals surface area contributed by atoms with Gasteiger partial charge in [0, 0.05) is 31.9 Å². The zero-order valence-electron chi connectivity index (χ0n) is 14.0. The zero-order valence-corrected chi connectivity index (χ0v) is 14.8. The van der Waals surface area contributed by atoms with Gasteiger partial charge in [-0.15, -0.1) is 11.8 Å². The van der Waals surface area contributed by atoms with Gasteiger partial charge in [0.15, 0.2) is 0 Å². The second-order valence-corrected chi connectivity index (χ2v) is 8.72. The molecule has 4 nitrogen and oxygen atoms in total. The predicted molar refractivity (Wildman–Crippen MR) is 90.2 cm³/mol. The molecule has 5 heteroatoms. The quantitative estimate of drug-likeness (QED) is 0.862. The highest BCUT2D eigenvalue weighted by molar-refractivity contribution is 8.00. The highest BCUT2D eigenvalue weighted by atomic mass is 32.2. The number of rotatable bonds is 4. The highest BCUT2D eigenvalue weighted by Gasteiger charge is 2.46. The predicted octanol–water partition coefficient (Wildman–Crippen LogP) is 1.99. The first-order valence-electron chi connectivity index (χ1n) is 8.29. The van der Waals surface area contributed by atoms with Crippen LogP contribution in [0.1, 0.15) is 40.5 Å². The molecule has 1 amide bonds. The summed E-state index contributed by atoms with van der Waals surface area (Å²) in [5.41, 5.74) is 6.08. The lowest BCUT2D eigenvalue weighted by Gasteiger charge is -2.46. The monoisotopic (exact) mass is 313 g/mol. The Morgan fingerprint density at radius 2 is 2.00 bits per heavy atom. The number of hydrogen-bond donors (Lipinski definition) is 1. The normalized spacial score (nSPS) is 28.8. The fourth-order valence-corrected chi connectivity index (χ4v) is 4.98. The lowest BCUT2D eigenvalue weighted by atomic mass is 9.98. The van der Waals surface area contributed by atoms with Crippen molar-refractivity contribution in [2.24, 2.45) is 17.6 Å². The van der Waals surface area contributed by atoms with E-state index in [0.29, 0.717) is 5.92 Å². The van der Waals surface area contributed by atoms with Crippen molar-refractivity contribution in [1.82, 2.24) is 9.80 Å². The van der Waals surface area contributed by atoms with Crippen LogP contribution in [0.2, 0.25) is 0 Å². The Morgan fingerprint density at radius 1 is 1.29 bits per heavy atom. The smallest absolute Gasteiger partial charge is 0.239 e. The molecular weight excluding hydrogens is 282 g/mol. The van der Waals surface area contributed by atoms with Gasteiger partial charge in [0.2, 0.25) is 5.91 Å². The summed E-state index contributed by atoms with van der Waals surface area (Å²) < 4.78 is 0. The Hall–Kier alpha value is -0.260. The summed E-state index contributed by atoms with van der Waals surface area (Å²) in [7, 11) is 0. The number of nitrogens with two attached hydrogens (primary N) is 1. The van der Waals surface area contributed by atoms with Crippen molar-refractivity contribution in [3.63, 3.8) is 0 Å². The van der Waals surface area contributed by atoms with E-state index in [2.05, 4.69) is 18.7 Å². The fraction of sp³-hybridized carbons (Fsp3) is 0.938. The molecule has 0 aromatic carbocycles. The molecule has 2 aliphatic rings. The molecule has 2 fully saturated rings. The minimum Gasteiger partial charge on any atom is -0.339 e. The van der Waals surface area contributed by atoms with E-state index in [1.54, 1.807) is 0 Å². The van der Waals surface area contributed by atoms with Gasteiger partial charge in [0.25, 0.3) is 0 Å². The fourth-order valence-electron chi connectivity index (χ4n) is 3.40. The van der Waals surface area contributed by atoms with Gasteiger partial charge in [-0.1, -0.05) is 27.7 Å². The van der Waals surface area contributed by atoms with Crippen LogP contribution in [0.25, 0.3) is 0 Å².